The number of carboxylic acid groups (broad SMARTS) is 1. The summed E-state index contributed by atoms with van der Waals surface area (Å²) in [7, 11) is 5.94. The Hall–Kier alpha value is -1.95. The number of aromatic hydroxyl groups is 2. The minimum absolute atomic E-state index is 0.0270. The molecule has 0 aliphatic heterocycles. The summed E-state index contributed by atoms with van der Waals surface area (Å²) in [5, 5.41) is 27.9. The first-order chi connectivity index (χ1) is 8.20. The lowest BCUT2D eigenvalue weighted by Crippen LogP contribution is -2.38. The molecule has 0 aromatic heterocycles. The molecule has 0 heterocycles. The molecule has 0 bridgehead atoms. The first-order valence-electron chi connectivity index (χ1n) is 5.43. The molecule has 1 aromatic carbocycles. The van der Waals surface area contributed by atoms with E-state index < -0.39 is 11.7 Å². The first-order valence-corrected chi connectivity index (χ1v) is 5.43. The van der Waals surface area contributed by atoms with Crippen molar-refractivity contribution < 1.29 is 29.3 Å². The molecule has 3 N–H and O–H groups in total. The lowest BCUT2D eigenvalue weighted by molar-refractivity contribution is -0.870. The second-order valence-corrected chi connectivity index (χ2v) is 5.01. The van der Waals surface area contributed by atoms with Crippen molar-refractivity contribution in [1.82, 2.24) is 0 Å². The van der Waals surface area contributed by atoms with Gasteiger partial charge in [-0.1, -0.05) is 0 Å². The van der Waals surface area contributed by atoms with E-state index in [0.29, 0.717) is 17.6 Å². The van der Waals surface area contributed by atoms with Crippen molar-refractivity contribution in [3.63, 3.8) is 0 Å². The van der Waals surface area contributed by atoms with Gasteiger partial charge in [-0.25, -0.2) is 4.79 Å². The monoisotopic (exact) mass is 256 g/mol. The fourth-order valence-corrected chi connectivity index (χ4v) is 1.30. The van der Waals surface area contributed by atoms with Crippen LogP contribution in [0.15, 0.2) is 12.1 Å². The van der Waals surface area contributed by atoms with Gasteiger partial charge in [0.1, 0.15) is 24.5 Å². The van der Waals surface area contributed by atoms with E-state index in [1.807, 2.05) is 21.1 Å². The van der Waals surface area contributed by atoms with E-state index in [-0.39, 0.29) is 17.1 Å². The lowest BCUT2D eigenvalue weighted by Gasteiger charge is -2.23. The minimum Gasteiger partial charge on any atom is -0.508 e. The highest BCUT2D eigenvalue weighted by molar-refractivity contribution is 5.92. The Bertz CT molecular complexity index is 451. The molecule has 0 aliphatic carbocycles. The van der Waals surface area contributed by atoms with Crippen molar-refractivity contribution in [1.29, 1.82) is 0 Å². The predicted octanol–water partition coefficient (Wildman–Crippen LogP) is 0.881. The van der Waals surface area contributed by atoms with Crippen molar-refractivity contribution in [2.24, 2.45) is 0 Å². The van der Waals surface area contributed by atoms with Crippen LogP contribution in [0.3, 0.4) is 0 Å². The van der Waals surface area contributed by atoms with Crippen molar-refractivity contribution in [3.05, 3.63) is 17.7 Å². The highest BCUT2D eigenvalue weighted by atomic mass is 16.5. The zero-order valence-corrected chi connectivity index (χ0v) is 10.7. The molecule has 18 heavy (non-hydrogen) atoms. The summed E-state index contributed by atoms with van der Waals surface area (Å²) >= 11 is 0. The summed E-state index contributed by atoms with van der Waals surface area (Å²) in [4.78, 5) is 10.8. The SMILES string of the molecule is C[N+](C)(C)CCOc1cc(O)cc(C(=O)O)c1O. The Labute approximate surface area is 105 Å². The van der Waals surface area contributed by atoms with Crippen LogP contribution < -0.4 is 4.74 Å². The normalized spacial score (nSPS) is 11.3. The molecule has 0 radical (unpaired) electrons. The van der Waals surface area contributed by atoms with E-state index in [2.05, 4.69) is 0 Å². The Kier molecular flexibility index (Phi) is 4.03. The molecule has 1 rings (SSSR count). The second kappa shape index (κ2) is 5.14. The highest BCUT2D eigenvalue weighted by Crippen LogP contribution is 2.34. The van der Waals surface area contributed by atoms with Crippen LogP contribution in [0, 0.1) is 0 Å². The molecular formula is C12H18NO5+. The zero-order chi connectivity index (χ0) is 13.9. The summed E-state index contributed by atoms with van der Waals surface area (Å²) < 4.78 is 5.97. The number of aromatic carboxylic acids is 1. The van der Waals surface area contributed by atoms with Crippen molar-refractivity contribution in [2.45, 2.75) is 0 Å². The number of likely N-dealkylation sites (N-methyl/N-ethyl adjacent to an activating group) is 1. The van der Waals surface area contributed by atoms with Crippen LogP contribution in [-0.4, -0.2) is 60.1 Å². The molecule has 0 fully saturated rings. The molecule has 0 aliphatic rings. The first kappa shape index (κ1) is 14.1. The van der Waals surface area contributed by atoms with Crippen LogP contribution in [-0.2, 0) is 0 Å². The van der Waals surface area contributed by atoms with E-state index in [9.17, 15) is 15.0 Å². The molecule has 0 saturated carbocycles. The van der Waals surface area contributed by atoms with E-state index in [1.54, 1.807) is 0 Å². The van der Waals surface area contributed by atoms with Gasteiger partial charge in [-0.2, -0.15) is 0 Å². The predicted molar refractivity (Wildman–Crippen MR) is 65.1 cm³/mol. The quantitative estimate of drug-likeness (QED) is 0.538. The molecule has 0 saturated heterocycles. The van der Waals surface area contributed by atoms with E-state index in [1.165, 1.54) is 6.07 Å². The smallest absolute Gasteiger partial charge is 0.339 e. The number of carboxylic acids is 1. The van der Waals surface area contributed by atoms with E-state index >= 15 is 0 Å². The molecule has 0 atom stereocenters. The summed E-state index contributed by atoms with van der Waals surface area (Å²) in [6, 6.07) is 2.17. The Morgan fingerprint density at radius 1 is 1.28 bits per heavy atom. The fourth-order valence-electron chi connectivity index (χ4n) is 1.30. The van der Waals surface area contributed by atoms with Crippen LogP contribution in [0.5, 0.6) is 17.2 Å². The van der Waals surface area contributed by atoms with Gasteiger partial charge in [-0.3, -0.25) is 0 Å². The molecule has 100 valence electrons. The van der Waals surface area contributed by atoms with Crippen LogP contribution in [0.4, 0.5) is 0 Å². The third-order valence-electron chi connectivity index (χ3n) is 2.31. The standard InChI is InChI=1S/C12H17NO5/c1-13(2,3)4-5-18-10-7-8(14)6-9(11(10)15)12(16)17/h6-7H,4-5H2,1-3H3,(H2-,14,15,16,17)/p+1. The van der Waals surface area contributed by atoms with Crippen LogP contribution >= 0.6 is 0 Å². The maximum atomic E-state index is 10.8. The van der Waals surface area contributed by atoms with Crippen LogP contribution in [0.1, 0.15) is 10.4 Å². The number of phenolic OH excluding ortho intramolecular Hbond substituents is 1. The maximum Gasteiger partial charge on any atom is 0.339 e. The number of quaternary nitrogens is 1. The second-order valence-electron chi connectivity index (χ2n) is 5.01. The van der Waals surface area contributed by atoms with Crippen molar-refractivity contribution in [2.75, 3.05) is 34.3 Å². The number of nitrogens with zero attached hydrogens (tertiary/aromatic N) is 1. The van der Waals surface area contributed by atoms with Gasteiger partial charge in [0, 0.05) is 6.07 Å². The van der Waals surface area contributed by atoms with Gasteiger partial charge in [0.15, 0.2) is 11.5 Å². The van der Waals surface area contributed by atoms with Gasteiger partial charge in [-0.15, -0.1) is 0 Å². The summed E-state index contributed by atoms with van der Waals surface area (Å²) in [5.74, 6) is -2.08. The van der Waals surface area contributed by atoms with Crippen LogP contribution in [0.25, 0.3) is 0 Å². The zero-order valence-electron chi connectivity index (χ0n) is 10.7. The molecule has 0 amide bonds. The molecule has 6 nitrogen and oxygen atoms in total. The van der Waals surface area contributed by atoms with E-state index in [4.69, 9.17) is 9.84 Å². The number of hydrogen-bond acceptors (Lipinski definition) is 4. The topological polar surface area (TPSA) is 87.0 Å². The number of hydrogen-bond donors (Lipinski definition) is 3. The number of phenols is 2. The largest absolute Gasteiger partial charge is 0.508 e. The van der Waals surface area contributed by atoms with Gasteiger partial charge in [0.25, 0.3) is 0 Å². The summed E-state index contributed by atoms with van der Waals surface area (Å²) in [6.07, 6.45) is 0. The van der Waals surface area contributed by atoms with Gasteiger partial charge in [0.05, 0.1) is 21.1 Å². The van der Waals surface area contributed by atoms with Crippen LogP contribution in [0.2, 0.25) is 0 Å². The Balaban J connectivity index is 2.86. The Morgan fingerprint density at radius 2 is 1.89 bits per heavy atom. The van der Waals surface area contributed by atoms with E-state index in [0.717, 1.165) is 6.07 Å². The third-order valence-corrected chi connectivity index (χ3v) is 2.31. The van der Waals surface area contributed by atoms with Crippen molar-refractivity contribution in [3.8, 4) is 17.2 Å². The highest BCUT2D eigenvalue weighted by Gasteiger charge is 2.17. The molecule has 0 unspecified atom stereocenters. The van der Waals surface area contributed by atoms with Crippen molar-refractivity contribution >= 4 is 5.97 Å². The van der Waals surface area contributed by atoms with Gasteiger partial charge < -0.3 is 24.5 Å². The minimum atomic E-state index is -1.32. The molecule has 0 spiro atoms. The molecule has 1 aromatic rings. The molecule has 6 heteroatoms. The average Bonchev–Trinajstić information content (AvgIpc) is 2.20. The number of carbonyl (C=O) groups is 1. The number of benzene rings is 1. The summed E-state index contributed by atoms with van der Waals surface area (Å²) in [6.45, 7) is 0.983. The van der Waals surface area contributed by atoms with Gasteiger partial charge in [-0.05, 0) is 6.07 Å². The lowest BCUT2D eigenvalue weighted by atomic mass is 10.2. The van der Waals surface area contributed by atoms with Gasteiger partial charge in [0.2, 0.25) is 0 Å². The fraction of sp³-hybridized carbons (Fsp3) is 0.417. The average molecular weight is 256 g/mol. The van der Waals surface area contributed by atoms with Gasteiger partial charge >= 0.3 is 5.97 Å². The Morgan fingerprint density at radius 3 is 2.39 bits per heavy atom. The third kappa shape index (κ3) is 3.81. The molecular weight excluding hydrogens is 238 g/mol. The number of ether oxygens (including phenoxy) is 1. The number of rotatable bonds is 5. The summed E-state index contributed by atoms with van der Waals surface area (Å²) in [5.41, 5.74) is -0.379. The maximum absolute atomic E-state index is 10.8.